The van der Waals surface area contributed by atoms with Crippen LogP contribution in [0.4, 0.5) is 0 Å². The molecule has 0 bridgehead atoms. The third-order valence-corrected chi connectivity index (χ3v) is 8.29. The summed E-state index contributed by atoms with van der Waals surface area (Å²) in [4.78, 5) is 13.2. The number of benzene rings is 1. The molecule has 0 aromatic heterocycles. The Morgan fingerprint density at radius 2 is 1.78 bits per heavy atom. The van der Waals surface area contributed by atoms with Crippen molar-refractivity contribution < 1.29 is 13.2 Å². The molecule has 0 spiro atoms. The van der Waals surface area contributed by atoms with Crippen molar-refractivity contribution in [2.75, 3.05) is 25.4 Å². The third-order valence-electron chi connectivity index (χ3n) is 6.41. The van der Waals surface area contributed by atoms with Crippen molar-refractivity contribution >= 4 is 15.9 Å². The Morgan fingerprint density at radius 1 is 1.15 bits per heavy atom. The fourth-order valence-corrected chi connectivity index (χ4v) is 5.69. The van der Waals surface area contributed by atoms with E-state index in [0.717, 1.165) is 24.4 Å². The van der Waals surface area contributed by atoms with Gasteiger partial charge in [-0.25, -0.2) is 12.7 Å². The first-order valence-electron chi connectivity index (χ1n) is 10.3. The lowest BCUT2D eigenvalue weighted by molar-refractivity contribution is -0.128. The Hall–Kier alpha value is -1.40. The van der Waals surface area contributed by atoms with Crippen molar-refractivity contribution in [2.45, 2.75) is 57.3 Å². The van der Waals surface area contributed by atoms with Gasteiger partial charge in [0.1, 0.15) is 0 Å². The Balaban J connectivity index is 1.71. The monoisotopic (exact) mass is 392 g/mol. The predicted octanol–water partition coefficient (Wildman–Crippen LogP) is 3.07. The average molecular weight is 393 g/mol. The van der Waals surface area contributed by atoms with Crippen LogP contribution in [0.25, 0.3) is 0 Å². The van der Waals surface area contributed by atoms with Crippen LogP contribution in [0.2, 0.25) is 0 Å². The second kappa shape index (κ2) is 8.74. The molecule has 2 aliphatic rings. The number of carbonyl (C=O) groups excluding carboxylic acids is 1. The van der Waals surface area contributed by atoms with Crippen LogP contribution in [-0.2, 0) is 20.2 Å². The second-order valence-electron chi connectivity index (χ2n) is 7.94. The number of nitrogens with one attached hydrogen (secondary N) is 1. The van der Waals surface area contributed by atoms with Crippen LogP contribution >= 0.6 is 0 Å². The maximum Gasteiger partial charge on any atom is 0.230 e. The molecule has 2 fully saturated rings. The second-order valence-corrected chi connectivity index (χ2v) is 10.2. The molecule has 0 unspecified atom stereocenters. The zero-order chi connectivity index (χ0) is 19.3. The summed E-state index contributed by atoms with van der Waals surface area (Å²) in [6.45, 7) is 3.20. The number of rotatable bonds is 7. The van der Waals surface area contributed by atoms with E-state index < -0.39 is 15.4 Å². The van der Waals surface area contributed by atoms with Gasteiger partial charge in [0.05, 0.1) is 11.2 Å². The lowest BCUT2D eigenvalue weighted by Gasteiger charge is -2.40. The highest BCUT2D eigenvalue weighted by molar-refractivity contribution is 7.89. The molecule has 6 heteroatoms. The van der Waals surface area contributed by atoms with Crippen LogP contribution in [0.15, 0.2) is 30.3 Å². The quantitative estimate of drug-likeness (QED) is 0.775. The van der Waals surface area contributed by atoms with Crippen LogP contribution in [0, 0.1) is 5.92 Å². The largest absolute Gasteiger partial charge is 0.355 e. The SMILES string of the molecule is CCS(=O)(=O)N1CCC(C(=O)NCCC2CCCC2)(c2ccccc2)CC1. The molecule has 5 nitrogen and oxygen atoms in total. The highest BCUT2D eigenvalue weighted by Crippen LogP contribution is 2.37. The fourth-order valence-electron chi connectivity index (χ4n) is 4.59. The summed E-state index contributed by atoms with van der Waals surface area (Å²) in [6, 6.07) is 9.86. The molecular weight excluding hydrogens is 360 g/mol. The fraction of sp³-hybridized carbons (Fsp3) is 0.667. The van der Waals surface area contributed by atoms with Gasteiger partial charge in [-0.05, 0) is 37.7 Å². The van der Waals surface area contributed by atoms with Crippen molar-refractivity contribution in [2.24, 2.45) is 5.92 Å². The smallest absolute Gasteiger partial charge is 0.230 e. The summed E-state index contributed by atoms with van der Waals surface area (Å²) >= 11 is 0. The average Bonchev–Trinajstić information content (AvgIpc) is 3.22. The normalized spacial score (nSPS) is 21.2. The van der Waals surface area contributed by atoms with Crippen LogP contribution in [-0.4, -0.2) is 44.0 Å². The maximum absolute atomic E-state index is 13.2. The van der Waals surface area contributed by atoms with Gasteiger partial charge in [-0.1, -0.05) is 56.0 Å². The number of nitrogens with zero attached hydrogens (tertiary/aromatic N) is 1. The standard InChI is InChI=1S/C21H32N2O3S/c1-2-27(25,26)23-16-13-21(14-17-23,19-10-4-3-5-11-19)20(24)22-15-12-18-8-6-7-9-18/h3-5,10-11,18H,2,6-9,12-17H2,1H3,(H,22,24). The van der Waals surface area contributed by atoms with Crippen molar-refractivity contribution in [1.29, 1.82) is 0 Å². The highest BCUT2D eigenvalue weighted by atomic mass is 32.2. The van der Waals surface area contributed by atoms with Crippen molar-refractivity contribution in [3.05, 3.63) is 35.9 Å². The van der Waals surface area contributed by atoms with Gasteiger partial charge in [-0.3, -0.25) is 4.79 Å². The molecule has 0 atom stereocenters. The minimum atomic E-state index is -3.21. The van der Waals surface area contributed by atoms with E-state index in [9.17, 15) is 13.2 Å². The Kier molecular flexibility index (Phi) is 6.58. The minimum absolute atomic E-state index is 0.0558. The number of piperidine rings is 1. The molecule has 1 aliphatic heterocycles. The van der Waals surface area contributed by atoms with Crippen molar-refractivity contribution in [3.63, 3.8) is 0 Å². The molecular formula is C21H32N2O3S. The molecule has 27 heavy (non-hydrogen) atoms. The van der Waals surface area contributed by atoms with Crippen LogP contribution in [0.3, 0.4) is 0 Å². The van der Waals surface area contributed by atoms with Crippen LogP contribution < -0.4 is 5.32 Å². The molecule has 1 aliphatic carbocycles. The van der Waals surface area contributed by atoms with Gasteiger partial charge in [0.25, 0.3) is 0 Å². The molecule has 1 amide bonds. The number of sulfonamides is 1. The maximum atomic E-state index is 13.2. The first-order chi connectivity index (χ1) is 13.0. The molecule has 3 rings (SSSR count). The summed E-state index contributed by atoms with van der Waals surface area (Å²) < 4.78 is 26.0. The lowest BCUT2D eigenvalue weighted by Crippen LogP contribution is -2.53. The van der Waals surface area contributed by atoms with E-state index in [1.807, 2.05) is 30.3 Å². The van der Waals surface area contributed by atoms with Gasteiger partial charge >= 0.3 is 0 Å². The molecule has 1 saturated carbocycles. The molecule has 1 N–H and O–H groups in total. The van der Waals surface area contributed by atoms with E-state index in [1.54, 1.807) is 11.2 Å². The molecule has 1 saturated heterocycles. The number of carbonyl (C=O) groups is 1. The molecule has 150 valence electrons. The predicted molar refractivity (Wildman–Crippen MR) is 108 cm³/mol. The first kappa shape index (κ1) is 20.3. The molecule has 1 heterocycles. The number of hydrogen-bond acceptors (Lipinski definition) is 3. The van der Waals surface area contributed by atoms with Gasteiger partial charge in [-0.2, -0.15) is 0 Å². The highest BCUT2D eigenvalue weighted by Gasteiger charge is 2.44. The Labute approximate surface area is 163 Å². The number of hydrogen-bond donors (Lipinski definition) is 1. The number of amides is 1. The van der Waals surface area contributed by atoms with Crippen LogP contribution in [0.5, 0.6) is 0 Å². The Morgan fingerprint density at radius 3 is 2.37 bits per heavy atom. The molecule has 1 aromatic carbocycles. The van der Waals surface area contributed by atoms with Gasteiger partial charge in [-0.15, -0.1) is 0 Å². The van der Waals surface area contributed by atoms with Gasteiger partial charge < -0.3 is 5.32 Å². The van der Waals surface area contributed by atoms with Crippen molar-refractivity contribution in [1.82, 2.24) is 9.62 Å². The Bertz CT molecular complexity index is 719. The van der Waals surface area contributed by atoms with Gasteiger partial charge in [0.15, 0.2) is 0 Å². The van der Waals surface area contributed by atoms with E-state index in [4.69, 9.17) is 0 Å². The lowest BCUT2D eigenvalue weighted by atomic mass is 9.72. The molecule has 0 radical (unpaired) electrons. The zero-order valence-corrected chi connectivity index (χ0v) is 17.1. The van der Waals surface area contributed by atoms with Crippen LogP contribution in [0.1, 0.15) is 57.4 Å². The molecule has 1 aromatic rings. The van der Waals surface area contributed by atoms with E-state index in [1.165, 1.54) is 25.7 Å². The minimum Gasteiger partial charge on any atom is -0.355 e. The zero-order valence-electron chi connectivity index (χ0n) is 16.3. The topological polar surface area (TPSA) is 66.5 Å². The van der Waals surface area contributed by atoms with E-state index in [-0.39, 0.29) is 11.7 Å². The van der Waals surface area contributed by atoms with Gasteiger partial charge in [0.2, 0.25) is 15.9 Å². The summed E-state index contributed by atoms with van der Waals surface area (Å²) in [6.07, 6.45) is 7.31. The summed E-state index contributed by atoms with van der Waals surface area (Å²) in [5.74, 6) is 0.911. The summed E-state index contributed by atoms with van der Waals surface area (Å²) in [5.41, 5.74) is 0.369. The van der Waals surface area contributed by atoms with E-state index >= 15 is 0 Å². The van der Waals surface area contributed by atoms with Gasteiger partial charge in [0, 0.05) is 19.6 Å². The third kappa shape index (κ3) is 4.54. The van der Waals surface area contributed by atoms with E-state index in [0.29, 0.717) is 25.9 Å². The van der Waals surface area contributed by atoms with Crippen molar-refractivity contribution in [3.8, 4) is 0 Å². The van der Waals surface area contributed by atoms with E-state index in [2.05, 4.69) is 5.32 Å². The first-order valence-corrected chi connectivity index (χ1v) is 11.9. The summed E-state index contributed by atoms with van der Waals surface area (Å²) in [7, 11) is -3.21. The summed E-state index contributed by atoms with van der Waals surface area (Å²) in [5, 5.41) is 3.18.